The molecule has 2 rings (SSSR count). The lowest BCUT2D eigenvalue weighted by Gasteiger charge is -2.38. The van der Waals surface area contributed by atoms with Crippen molar-refractivity contribution in [2.45, 2.75) is 31.7 Å². The molecule has 0 saturated carbocycles. The van der Waals surface area contributed by atoms with E-state index in [9.17, 15) is 13.6 Å². The van der Waals surface area contributed by atoms with Crippen molar-refractivity contribution in [2.24, 2.45) is 5.92 Å². The molecule has 0 aromatic heterocycles. The monoisotopic (exact) mass is 218 g/mol. The van der Waals surface area contributed by atoms with Gasteiger partial charge in [-0.15, -0.1) is 0 Å². The van der Waals surface area contributed by atoms with E-state index in [1.807, 2.05) is 0 Å². The number of piperidine rings is 1. The normalized spacial score (nSPS) is 36.6. The first-order valence-corrected chi connectivity index (χ1v) is 5.40. The zero-order valence-corrected chi connectivity index (χ0v) is 8.80. The molecule has 2 saturated heterocycles. The van der Waals surface area contributed by atoms with E-state index in [1.54, 1.807) is 11.8 Å². The molecule has 5 heteroatoms. The molecule has 3 nitrogen and oxygen atoms in total. The average Bonchev–Trinajstić information content (AvgIpc) is 2.56. The first-order valence-electron chi connectivity index (χ1n) is 5.40. The molecule has 2 atom stereocenters. The number of hydrogen-bond donors (Lipinski definition) is 1. The van der Waals surface area contributed by atoms with Crippen LogP contribution in [0.5, 0.6) is 0 Å². The summed E-state index contributed by atoms with van der Waals surface area (Å²) in [5.74, 6) is -3.32. The van der Waals surface area contributed by atoms with Gasteiger partial charge in [0.2, 0.25) is 5.91 Å². The van der Waals surface area contributed by atoms with Gasteiger partial charge in [-0.2, -0.15) is 0 Å². The van der Waals surface area contributed by atoms with Gasteiger partial charge in [-0.1, -0.05) is 6.92 Å². The van der Waals surface area contributed by atoms with Gasteiger partial charge in [-0.05, 0) is 19.4 Å². The topological polar surface area (TPSA) is 32.3 Å². The van der Waals surface area contributed by atoms with Crippen LogP contribution in [0.4, 0.5) is 8.78 Å². The quantitative estimate of drug-likeness (QED) is 0.707. The molecule has 0 aromatic carbocycles. The van der Waals surface area contributed by atoms with Crippen molar-refractivity contribution in [3.8, 4) is 0 Å². The summed E-state index contributed by atoms with van der Waals surface area (Å²) in [6.45, 7) is 2.52. The fourth-order valence-electron chi connectivity index (χ4n) is 2.27. The van der Waals surface area contributed by atoms with Crippen LogP contribution in [0.25, 0.3) is 0 Å². The van der Waals surface area contributed by atoms with Gasteiger partial charge >= 0.3 is 0 Å². The standard InChI is InChI=1S/C10H16F2N2O/c1-7-3-5-14(6-10(7,11)12)8-2-4-13-9(8)15/h7-8H,2-6H2,1H3,(H,13,15)/t7-,8-/m0/s1. The summed E-state index contributed by atoms with van der Waals surface area (Å²) in [5, 5.41) is 2.68. The molecule has 0 unspecified atom stereocenters. The largest absolute Gasteiger partial charge is 0.355 e. The number of carbonyl (C=O) groups is 1. The van der Waals surface area contributed by atoms with Gasteiger partial charge < -0.3 is 5.32 Å². The van der Waals surface area contributed by atoms with Crippen molar-refractivity contribution in [3.05, 3.63) is 0 Å². The van der Waals surface area contributed by atoms with Gasteiger partial charge in [-0.25, -0.2) is 8.78 Å². The van der Waals surface area contributed by atoms with Crippen LogP contribution in [-0.2, 0) is 4.79 Å². The van der Waals surface area contributed by atoms with E-state index in [-0.39, 0.29) is 18.5 Å². The Kier molecular flexibility index (Phi) is 2.66. The third kappa shape index (κ3) is 1.97. The fraction of sp³-hybridized carbons (Fsp3) is 0.900. The molecule has 2 fully saturated rings. The number of nitrogens with one attached hydrogen (secondary N) is 1. The first kappa shape index (κ1) is 10.8. The highest BCUT2D eigenvalue weighted by Gasteiger charge is 2.45. The second kappa shape index (κ2) is 3.70. The van der Waals surface area contributed by atoms with Crippen molar-refractivity contribution >= 4 is 5.91 Å². The Morgan fingerprint density at radius 1 is 1.47 bits per heavy atom. The maximum absolute atomic E-state index is 13.5. The lowest BCUT2D eigenvalue weighted by molar-refractivity contribution is -0.134. The summed E-state index contributed by atoms with van der Waals surface area (Å²) < 4.78 is 26.9. The number of alkyl halides is 2. The van der Waals surface area contributed by atoms with E-state index in [0.717, 1.165) is 0 Å². The number of likely N-dealkylation sites (tertiary alicyclic amines) is 1. The van der Waals surface area contributed by atoms with E-state index in [4.69, 9.17) is 0 Å². The summed E-state index contributed by atoms with van der Waals surface area (Å²) in [7, 11) is 0. The Morgan fingerprint density at radius 3 is 2.73 bits per heavy atom. The van der Waals surface area contributed by atoms with Crippen molar-refractivity contribution in [3.63, 3.8) is 0 Å². The molecule has 2 heterocycles. The Balaban J connectivity index is 2.03. The Hall–Kier alpha value is -0.710. The molecule has 15 heavy (non-hydrogen) atoms. The maximum atomic E-state index is 13.5. The van der Waals surface area contributed by atoms with E-state index in [2.05, 4.69) is 5.32 Å². The van der Waals surface area contributed by atoms with Crippen LogP contribution >= 0.6 is 0 Å². The van der Waals surface area contributed by atoms with Gasteiger partial charge in [0.05, 0.1) is 12.6 Å². The smallest absolute Gasteiger partial charge is 0.263 e. The number of nitrogens with zero attached hydrogens (tertiary/aromatic N) is 1. The van der Waals surface area contributed by atoms with E-state index in [1.165, 1.54) is 0 Å². The molecule has 1 amide bonds. The summed E-state index contributed by atoms with van der Waals surface area (Å²) in [5.41, 5.74) is 0. The van der Waals surface area contributed by atoms with Gasteiger partial charge in [0.1, 0.15) is 0 Å². The summed E-state index contributed by atoms with van der Waals surface area (Å²) in [4.78, 5) is 13.0. The predicted molar refractivity (Wildman–Crippen MR) is 51.7 cm³/mol. The Bertz CT molecular complexity index is 270. The highest BCUT2D eigenvalue weighted by atomic mass is 19.3. The number of carbonyl (C=O) groups excluding carboxylic acids is 1. The third-order valence-corrected chi connectivity index (χ3v) is 3.44. The molecule has 1 N–H and O–H groups in total. The van der Waals surface area contributed by atoms with Gasteiger partial charge in [-0.3, -0.25) is 9.69 Å². The zero-order chi connectivity index (χ0) is 11.1. The highest BCUT2D eigenvalue weighted by molar-refractivity contribution is 5.83. The van der Waals surface area contributed by atoms with Crippen LogP contribution in [0.1, 0.15) is 19.8 Å². The molecule has 0 aromatic rings. The van der Waals surface area contributed by atoms with E-state index in [0.29, 0.717) is 25.9 Å². The highest BCUT2D eigenvalue weighted by Crippen LogP contribution is 2.33. The SMILES string of the molecule is C[C@H]1CCN([C@H]2CCNC2=O)CC1(F)F. The molecular formula is C10H16F2N2O. The molecule has 0 bridgehead atoms. The average molecular weight is 218 g/mol. The summed E-state index contributed by atoms with van der Waals surface area (Å²) in [6, 6.07) is -0.330. The Labute approximate surface area is 87.8 Å². The van der Waals surface area contributed by atoms with Crippen molar-refractivity contribution in [1.82, 2.24) is 10.2 Å². The minimum Gasteiger partial charge on any atom is -0.355 e. The van der Waals surface area contributed by atoms with E-state index < -0.39 is 11.8 Å². The number of hydrogen-bond acceptors (Lipinski definition) is 2. The predicted octanol–water partition coefficient (Wildman–Crippen LogP) is 0.852. The fourth-order valence-corrected chi connectivity index (χ4v) is 2.27. The van der Waals surface area contributed by atoms with Crippen molar-refractivity contribution in [2.75, 3.05) is 19.6 Å². The van der Waals surface area contributed by atoms with Crippen LogP contribution in [-0.4, -0.2) is 42.4 Å². The van der Waals surface area contributed by atoms with Crippen LogP contribution < -0.4 is 5.32 Å². The summed E-state index contributed by atoms with van der Waals surface area (Å²) in [6.07, 6.45) is 1.13. The first-order chi connectivity index (χ1) is 7.00. The molecule has 86 valence electrons. The summed E-state index contributed by atoms with van der Waals surface area (Å²) >= 11 is 0. The number of halogens is 2. The van der Waals surface area contributed by atoms with Crippen LogP contribution in [0.3, 0.4) is 0 Å². The van der Waals surface area contributed by atoms with Crippen LogP contribution in [0, 0.1) is 5.92 Å². The third-order valence-electron chi connectivity index (χ3n) is 3.44. The lowest BCUT2D eigenvalue weighted by Crippen LogP contribution is -2.53. The van der Waals surface area contributed by atoms with Gasteiger partial charge in [0.15, 0.2) is 0 Å². The number of rotatable bonds is 1. The molecular weight excluding hydrogens is 202 g/mol. The number of amides is 1. The Morgan fingerprint density at radius 2 is 2.20 bits per heavy atom. The van der Waals surface area contributed by atoms with Crippen LogP contribution in [0.2, 0.25) is 0 Å². The van der Waals surface area contributed by atoms with Crippen molar-refractivity contribution < 1.29 is 13.6 Å². The van der Waals surface area contributed by atoms with Gasteiger partial charge in [0.25, 0.3) is 5.92 Å². The second-order valence-corrected chi connectivity index (χ2v) is 4.52. The molecule has 0 aliphatic carbocycles. The zero-order valence-electron chi connectivity index (χ0n) is 8.80. The van der Waals surface area contributed by atoms with E-state index >= 15 is 0 Å². The van der Waals surface area contributed by atoms with Crippen LogP contribution in [0.15, 0.2) is 0 Å². The lowest BCUT2D eigenvalue weighted by atomic mass is 9.93. The molecule has 2 aliphatic rings. The van der Waals surface area contributed by atoms with Gasteiger partial charge in [0, 0.05) is 12.5 Å². The minimum absolute atomic E-state index is 0.0969. The molecule has 0 radical (unpaired) electrons. The second-order valence-electron chi connectivity index (χ2n) is 4.52. The van der Waals surface area contributed by atoms with Crippen molar-refractivity contribution in [1.29, 1.82) is 0 Å². The maximum Gasteiger partial charge on any atom is 0.263 e. The molecule has 2 aliphatic heterocycles. The minimum atomic E-state index is -2.65. The molecule has 0 spiro atoms.